The number of halogens is 3. The Morgan fingerprint density at radius 2 is 1.83 bits per heavy atom. The van der Waals surface area contributed by atoms with Crippen LogP contribution in [0.15, 0.2) is 24.3 Å². The van der Waals surface area contributed by atoms with Crippen LogP contribution in [-0.4, -0.2) is 31.1 Å². The van der Waals surface area contributed by atoms with E-state index in [2.05, 4.69) is 64.0 Å². The largest absolute Gasteiger partial charge is 0.314 e. The summed E-state index contributed by atoms with van der Waals surface area (Å²) in [6.45, 7) is 6.88. The molecule has 5 heteroatoms. The van der Waals surface area contributed by atoms with Crippen molar-refractivity contribution >= 4 is 47.4 Å². The second-order valence-corrected chi connectivity index (χ2v) is 5.39. The van der Waals surface area contributed by atoms with Crippen molar-refractivity contribution in [3.63, 3.8) is 0 Å². The smallest absolute Gasteiger partial charge is 0.0357 e. The van der Waals surface area contributed by atoms with E-state index in [4.69, 9.17) is 0 Å². The molecule has 2 nitrogen and oxygen atoms in total. The molecule has 1 aromatic rings. The van der Waals surface area contributed by atoms with Gasteiger partial charge in [0.15, 0.2) is 0 Å². The Morgan fingerprint density at radius 3 is 2.39 bits per heavy atom. The van der Waals surface area contributed by atoms with Crippen LogP contribution in [0.25, 0.3) is 0 Å². The lowest BCUT2D eigenvalue weighted by molar-refractivity contribution is 0.169. The molecule has 0 aromatic heterocycles. The molecule has 0 spiro atoms. The molecule has 0 unspecified atom stereocenters. The maximum Gasteiger partial charge on any atom is 0.0357 e. The molecule has 0 amide bonds. The van der Waals surface area contributed by atoms with Gasteiger partial charge in [-0.3, -0.25) is 4.90 Å². The molecule has 104 valence electrons. The lowest BCUT2D eigenvalue weighted by Gasteiger charge is -2.35. The van der Waals surface area contributed by atoms with Crippen LogP contribution in [0.1, 0.15) is 24.9 Å². The van der Waals surface area contributed by atoms with Gasteiger partial charge in [0.1, 0.15) is 0 Å². The zero-order valence-electron chi connectivity index (χ0n) is 10.6. The summed E-state index contributed by atoms with van der Waals surface area (Å²) in [6.07, 6.45) is 1.19. The molecular formula is C13H21Cl2IN2. The zero-order chi connectivity index (χ0) is 11.4. The third-order valence-corrected chi connectivity index (χ3v) is 4.23. The molecule has 1 heterocycles. The summed E-state index contributed by atoms with van der Waals surface area (Å²) in [6, 6.07) is 9.35. The minimum Gasteiger partial charge on any atom is -0.314 e. The third kappa shape index (κ3) is 4.53. The molecule has 1 atom stereocenters. The summed E-state index contributed by atoms with van der Waals surface area (Å²) in [4.78, 5) is 2.61. The van der Waals surface area contributed by atoms with Crippen LogP contribution in [0.5, 0.6) is 0 Å². The van der Waals surface area contributed by atoms with Gasteiger partial charge in [-0.2, -0.15) is 0 Å². The first kappa shape index (κ1) is 18.4. The number of rotatable bonds is 3. The maximum absolute atomic E-state index is 3.42. The minimum atomic E-state index is 0. The molecule has 1 aliphatic rings. The Kier molecular flexibility index (Phi) is 9.60. The molecule has 18 heavy (non-hydrogen) atoms. The zero-order valence-corrected chi connectivity index (χ0v) is 14.4. The first-order valence-corrected chi connectivity index (χ1v) is 7.10. The van der Waals surface area contributed by atoms with Crippen molar-refractivity contribution in [2.24, 2.45) is 0 Å². The average molecular weight is 403 g/mol. The van der Waals surface area contributed by atoms with E-state index in [-0.39, 0.29) is 24.8 Å². The van der Waals surface area contributed by atoms with Crippen molar-refractivity contribution in [3.05, 3.63) is 33.4 Å². The van der Waals surface area contributed by atoms with Gasteiger partial charge in [-0.05, 0) is 40.6 Å². The summed E-state index contributed by atoms with van der Waals surface area (Å²) in [7, 11) is 0. The number of nitrogens with one attached hydrogen (secondary N) is 1. The van der Waals surface area contributed by atoms with Crippen molar-refractivity contribution < 1.29 is 0 Å². The van der Waals surface area contributed by atoms with E-state index < -0.39 is 0 Å². The number of hydrogen-bond acceptors (Lipinski definition) is 2. The first-order valence-electron chi connectivity index (χ1n) is 6.02. The van der Waals surface area contributed by atoms with Crippen LogP contribution in [0.2, 0.25) is 0 Å². The van der Waals surface area contributed by atoms with E-state index >= 15 is 0 Å². The van der Waals surface area contributed by atoms with Crippen LogP contribution < -0.4 is 5.32 Å². The Bertz CT molecular complexity index is 344. The second-order valence-electron chi connectivity index (χ2n) is 4.23. The van der Waals surface area contributed by atoms with Crippen molar-refractivity contribution in [3.8, 4) is 0 Å². The van der Waals surface area contributed by atoms with Crippen molar-refractivity contribution in [1.29, 1.82) is 0 Å². The van der Waals surface area contributed by atoms with Gasteiger partial charge in [-0.1, -0.05) is 25.1 Å². The molecule has 1 N–H and O–H groups in total. The molecule has 1 fully saturated rings. The van der Waals surface area contributed by atoms with Gasteiger partial charge in [0.2, 0.25) is 0 Å². The van der Waals surface area contributed by atoms with Crippen molar-refractivity contribution in [1.82, 2.24) is 10.2 Å². The highest BCUT2D eigenvalue weighted by Crippen LogP contribution is 2.28. The predicted molar refractivity (Wildman–Crippen MR) is 91.1 cm³/mol. The Hall–Kier alpha value is 0.450. The topological polar surface area (TPSA) is 15.3 Å². The van der Waals surface area contributed by atoms with Crippen LogP contribution >= 0.6 is 47.4 Å². The Balaban J connectivity index is 0.00000144. The fourth-order valence-electron chi connectivity index (χ4n) is 2.41. The van der Waals surface area contributed by atoms with Gasteiger partial charge in [0, 0.05) is 35.8 Å². The van der Waals surface area contributed by atoms with E-state index in [0.29, 0.717) is 6.04 Å². The monoisotopic (exact) mass is 402 g/mol. The van der Waals surface area contributed by atoms with E-state index in [1.54, 1.807) is 0 Å². The molecule has 0 saturated carbocycles. The van der Waals surface area contributed by atoms with E-state index in [0.717, 1.165) is 13.1 Å². The van der Waals surface area contributed by atoms with Crippen LogP contribution in [-0.2, 0) is 0 Å². The fraction of sp³-hybridized carbons (Fsp3) is 0.538. The van der Waals surface area contributed by atoms with Crippen LogP contribution in [0, 0.1) is 3.57 Å². The molecule has 0 radical (unpaired) electrons. The summed E-state index contributed by atoms with van der Waals surface area (Å²) >= 11 is 2.45. The fourth-order valence-corrected chi connectivity index (χ4v) is 3.16. The summed E-state index contributed by atoms with van der Waals surface area (Å²) in [5.74, 6) is 0. The van der Waals surface area contributed by atoms with Crippen LogP contribution in [0.4, 0.5) is 0 Å². The van der Waals surface area contributed by atoms with Gasteiger partial charge in [0.25, 0.3) is 0 Å². The molecule has 0 bridgehead atoms. The predicted octanol–water partition coefficient (Wildman–Crippen LogP) is 3.49. The number of hydrogen-bond donors (Lipinski definition) is 1. The molecule has 1 saturated heterocycles. The summed E-state index contributed by atoms with van der Waals surface area (Å²) in [5, 5.41) is 3.42. The highest BCUT2D eigenvalue weighted by atomic mass is 127. The highest BCUT2D eigenvalue weighted by Gasteiger charge is 2.21. The third-order valence-electron chi connectivity index (χ3n) is 3.24. The molecule has 0 aliphatic carbocycles. The van der Waals surface area contributed by atoms with E-state index in [1.807, 2.05) is 0 Å². The van der Waals surface area contributed by atoms with Gasteiger partial charge < -0.3 is 5.32 Å². The molecular weight excluding hydrogens is 382 g/mol. The summed E-state index contributed by atoms with van der Waals surface area (Å²) < 4.78 is 1.39. The molecule has 1 aromatic carbocycles. The number of piperazine rings is 1. The minimum absolute atomic E-state index is 0. The van der Waals surface area contributed by atoms with Crippen molar-refractivity contribution in [2.45, 2.75) is 19.4 Å². The van der Waals surface area contributed by atoms with Gasteiger partial charge >= 0.3 is 0 Å². The Labute approximate surface area is 136 Å². The quantitative estimate of drug-likeness (QED) is 0.778. The van der Waals surface area contributed by atoms with Gasteiger partial charge in [0.05, 0.1) is 0 Å². The lowest BCUT2D eigenvalue weighted by atomic mass is 10.0. The maximum atomic E-state index is 3.42. The van der Waals surface area contributed by atoms with Crippen molar-refractivity contribution in [2.75, 3.05) is 26.2 Å². The van der Waals surface area contributed by atoms with Crippen LogP contribution in [0.3, 0.4) is 0 Å². The first-order chi connectivity index (χ1) is 7.83. The standard InChI is InChI=1S/C13H19IN2.2ClH/c1-2-13(16-9-7-15-8-10-16)11-5-3-4-6-12(11)14;;/h3-6,13,15H,2,7-10H2,1H3;2*1H/t13-;;/m0../s1. The Morgan fingerprint density at radius 1 is 1.22 bits per heavy atom. The number of nitrogens with zero attached hydrogens (tertiary/aromatic N) is 1. The summed E-state index contributed by atoms with van der Waals surface area (Å²) in [5.41, 5.74) is 1.49. The molecule has 2 rings (SSSR count). The SMILES string of the molecule is CC[C@@H](c1ccccc1I)N1CCNCC1.Cl.Cl. The normalized spacial score (nSPS) is 17.4. The molecule has 1 aliphatic heterocycles. The second kappa shape index (κ2) is 9.37. The number of benzene rings is 1. The van der Waals surface area contributed by atoms with E-state index in [9.17, 15) is 0 Å². The van der Waals surface area contributed by atoms with Gasteiger partial charge in [-0.15, -0.1) is 24.8 Å². The van der Waals surface area contributed by atoms with Gasteiger partial charge in [-0.25, -0.2) is 0 Å². The lowest BCUT2D eigenvalue weighted by Crippen LogP contribution is -2.45. The van der Waals surface area contributed by atoms with E-state index in [1.165, 1.54) is 28.6 Å². The average Bonchev–Trinajstić information content (AvgIpc) is 2.34. The highest BCUT2D eigenvalue weighted by molar-refractivity contribution is 14.1.